The maximum absolute atomic E-state index is 12.4. The SMILES string of the molecule is CN(C)CCCOc1nc(-c2ccc(Cl)c(CC(=O)c3coc(N)n3)c2)cs1. The predicted octanol–water partition coefficient (Wildman–Crippen LogP) is 3.79. The van der Waals surface area contributed by atoms with Gasteiger partial charge < -0.3 is 19.8 Å². The molecule has 148 valence electrons. The van der Waals surface area contributed by atoms with E-state index < -0.39 is 0 Å². The summed E-state index contributed by atoms with van der Waals surface area (Å²) in [5.41, 5.74) is 7.94. The third-order valence-electron chi connectivity index (χ3n) is 3.96. The molecule has 2 heterocycles. The smallest absolute Gasteiger partial charge is 0.292 e. The van der Waals surface area contributed by atoms with Gasteiger partial charge in [-0.15, -0.1) is 0 Å². The zero-order valence-electron chi connectivity index (χ0n) is 15.6. The lowest BCUT2D eigenvalue weighted by atomic mass is 10.0. The molecule has 0 bridgehead atoms. The van der Waals surface area contributed by atoms with E-state index in [0.29, 0.717) is 22.4 Å². The molecule has 0 spiro atoms. The molecular formula is C19H21ClN4O3S. The fourth-order valence-electron chi connectivity index (χ4n) is 2.55. The Morgan fingerprint density at radius 1 is 1.36 bits per heavy atom. The Kier molecular flexibility index (Phi) is 6.66. The lowest BCUT2D eigenvalue weighted by molar-refractivity contribution is 0.0988. The molecule has 7 nitrogen and oxygen atoms in total. The van der Waals surface area contributed by atoms with Crippen molar-refractivity contribution in [3.05, 3.63) is 46.1 Å². The van der Waals surface area contributed by atoms with Gasteiger partial charge in [-0.25, -0.2) is 4.98 Å². The number of nitrogens with two attached hydrogens (primary N) is 1. The fraction of sp³-hybridized carbons (Fsp3) is 0.316. The molecule has 0 saturated heterocycles. The second-order valence-electron chi connectivity index (χ2n) is 6.48. The summed E-state index contributed by atoms with van der Waals surface area (Å²) in [4.78, 5) is 22.8. The van der Waals surface area contributed by atoms with Gasteiger partial charge in [0.15, 0.2) is 5.78 Å². The third kappa shape index (κ3) is 5.31. The fourth-order valence-corrected chi connectivity index (χ4v) is 3.43. The van der Waals surface area contributed by atoms with Crippen LogP contribution in [0.4, 0.5) is 6.01 Å². The van der Waals surface area contributed by atoms with E-state index in [2.05, 4.69) is 14.9 Å². The number of ketones is 1. The number of halogens is 1. The van der Waals surface area contributed by atoms with Gasteiger partial charge in [-0.05, 0) is 38.2 Å². The molecule has 0 fully saturated rings. The van der Waals surface area contributed by atoms with Gasteiger partial charge in [-0.1, -0.05) is 29.0 Å². The van der Waals surface area contributed by atoms with Gasteiger partial charge >= 0.3 is 0 Å². The first-order chi connectivity index (χ1) is 13.4. The van der Waals surface area contributed by atoms with E-state index in [1.807, 2.05) is 31.6 Å². The number of rotatable bonds is 9. The summed E-state index contributed by atoms with van der Waals surface area (Å²) >= 11 is 7.71. The van der Waals surface area contributed by atoms with Crippen LogP contribution in [0.15, 0.2) is 34.3 Å². The molecule has 9 heteroatoms. The van der Waals surface area contributed by atoms with Crippen molar-refractivity contribution < 1.29 is 13.9 Å². The first-order valence-corrected chi connectivity index (χ1v) is 9.94. The molecule has 0 atom stereocenters. The number of carbonyl (C=O) groups excluding carboxylic acids is 1. The first-order valence-electron chi connectivity index (χ1n) is 8.68. The van der Waals surface area contributed by atoms with E-state index in [9.17, 15) is 4.79 Å². The van der Waals surface area contributed by atoms with Gasteiger partial charge in [0.05, 0.1) is 12.3 Å². The molecule has 2 aromatic heterocycles. The molecule has 0 saturated carbocycles. The zero-order chi connectivity index (χ0) is 20.1. The van der Waals surface area contributed by atoms with Crippen molar-refractivity contribution in [1.82, 2.24) is 14.9 Å². The number of anilines is 1. The van der Waals surface area contributed by atoms with Crippen LogP contribution >= 0.6 is 22.9 Å². The van der Waals surface area contributed by atoms with Gasteiger partial charge in [-0.3, -0.25) is 4.79 Å². The Morgan fingerprint density at radius 2 is 2.18 bits per heavy atom. The Morgan fingerprint density at radius 3 is 2.89 bits per heavy atom. The second-order valence-corrected chi connectivity index (χ2v) is 7.71. The summed E-state index contributed by atoms with van der Waals surface area (Å²) in [7, 11) is 4.06. The van der Waals surface area contributed by atoms with Crippen LogP contribution < -0.4 is 10.5 Å². The standard InChI is InChI=1S/C19H21ClN4O3S/c1-24(2)6-3-7-26-19-23-16(11-28-19)12-4-5-14(20)13(8-12)9-17(25)15-10-27-18(21)22-15/h4-5,8,10-11H,3,6-7,9H2,1-2H3,(H2,21,22). The highest BCUT2D eigenvalue weighted by Gasteiger charge is 2.15. The van der Waals surface area contributed by atoms with Crippen molar-refractivity contribution in [3.8, 4) is 16.5 Å². The zero-order valence-corrected chi connectivity index (χ0v) is 17.2. The summed E-state index contributed by atoms with van der Waals surface area (Å²) in [5.74, 6) is -0.220. The van der Waals surface area contributed by atoms with Gasteiger partial charge in [0.25, 0.3) is 11.2 Å². The Bertz CT molecular complexity index is 954. The van der Waals surface area contributed by atoms with Crippen molar-refractivity contribution >= 4 is 34.7 Å². The third-order valence-corrected chi connectivity index (χ3v) is 5.08. The Labute approximate surface area is 172 Å². The highest BCUT2D eigenvalue weighted by atomic mass is 35.5. The number of thiazole rings is 1. The van der Waals surface area contributed by atoms with Crippen LogP contribution in [0, 0.1) is 0 Å². The summed E-state index contributed by atoms with van der Waals surface area (Å²) in [6.45, 7) is 1.58. The minimum absolute atomic E-state index is 0.0382. The lowest BCUT2D eigenvalue weighted by Gasteiger charge is -2.08. The lowest BCUT2D eigenvalue weighted by Crippen LogP contribution is -2.15. The number of benzene rings is 1. The number of aromatic nitrogens is 2. The summed E-state index contributed by atoms with van der Waals surface area (Å²) in [6, 6.07) is 5.45. The number of oxazole rings is 1. The maximum atomic E-state index is 12.4. The van der Waals surface area contributed by atoms with Crippen LogP contribution in [0.5, 0.6) is 5.19 Å². The van der Waals surface area contributed by atoms with Crippen LogP contribution in [0.3, 0.4) is 0 Å². The summed E-state index contributed by atoms with van der Waals surface area (Å²) in [6.07, 6.45) is 2.27. The van der Waals surface area contributed by atoms with E-state index in [4.69, 9.17) is 26.5 Å². The van der Waals surface area contributed by atoms with E-state index in [-0.39, 0.29) is 23.9 Å². The molecule has 0 radical (unpaired) electrons. The van der Waals surface area contributed by atoms with E-state index in [1.54, 1.807) is 6.07 Å². The van der Waals surface area contributed by atoms with E-state index in [1.165, 1.54) is 17.6 Å². The van der Waals surface area contributed by atoms with Crippen LogP contribution in [0.1, 0.15) is 22.5 Å². The molecular weight excluding hydrogens is 400 g/mol. The highest BCUT2D eigenvalue weighted by molar-refractivity contribution is 7.11. The number of hydrogen-bond donors (Lipinski definition) is 1. The average Bonchev–Trinajstić information content (AvgIpc) is 3.29. The largest absolute Gasteiger partial charge is 0.470 e. The molecule has 3 aromatic rings. The molecule has 0 unspecified atom stereocenters. The van der Waals surface area contributed by atoms with Crippen LogP contribution in [-0.4, -0.2) is 47.9 Å². The van der Waals surface area contributed by atoms with Crippen molar-refractivity contribution in [2.75, 3.05) is 33.0 Å². The van der Waals surface area contributed by atoms with Crippen LogP contribution in [-0.2, 0) is 6.42 Å². The quantitative estimate of drug-likeness (QED) is 0.415. The Hall–Kier alpha value is -2.42. The number of hydrogen-bond acceptors (Lipinski definition) is 8. The van der Waals surface area contributed by atoms with Gasteiger partial charge in [0, 0.05) is 28.9 Å². The van der Waals surface area contributed by atoms with Crippen molar-refractivity contribution in [2.24, 2.45) is 0 Å². The van der Waals surface area contributed by atoms with Crippen LogP contribution in [0.25, 0.3) is 11.3 Å². The van der Waals surface area contributed by atoms with Gasteiger partial charge in [0.2, 0.25) is 0 Å². The van der Waals surface area contributed by atoms with E-state index in [0.717, 1.165) is 24.2 Å². The first kappa shape index (κ1) is 20.3. The average molecular weight is 421 g/mol. The molecule has 2 N–H and O–H groups in total. The van der Waals surface area contributed by atoms with Crippen molar-refractivity contribution in [2.45, 2.75) is 12.8 Å². The molecule has 1 aromatic carbocycles. The molecule has 0 aliphatic heterocycles. The molecule has 28 heavy (non-hydrogen) atoms. The normalized spacial score (nSPS) is 11.1. The minimum Gasteiger partial charge on any atom is -0.470 e. The van der Waals surface area contributed by atoms with Crippen molar-refractivity contribution in [3.63, 3.8) is 0 Å². The minimum atomic E-state index is -0.220. The van der Waals surface area contributed by atoms with Gasteiger partial charge in [0.1, 0.15) is 12.0 Å². The number of ether oxygens (including phenoxy) is 1. The number of nitrogen functional groups attached to an aromatic ring is 1. The van der Waals surface area contributed by atoms with Crippen LogP contribution in [0.2, 0.25) is 5.02 Å². The summed E-state index contributed by atoms with van der Waals surface area (Å²) < 4.78 is 10.6. The maximum Gasteiger partial charge on any atom is 0.292 e. The molecule has 0 aliphatic carbocycles. The highest BCUT2D eigenvalue weighted by Crippen LogP contribution is 2.30. The molecule has 0 aliphatic rings. The summed E-state index contributed by atoms with van der Waals surface area (Å²) in [5, 5.41) is 3.05. The van der Waals surface area contributed by atoms with Gasteiger partial charge in [-0.2, -0.15) is 4.98 Å². The Balaban J connectivity index is 1.68. The topological polar surface area (TPSA) is 94.5 Å². The molecule has 3 rings (SSSR count). The number of Topliss-reactive ketones (excluding diaryl/α,β-unsaturated/α-hetero) is 1. The monoisotopic (exact) mass is 420 g/mol. The predicted molar refractivity (Wildman–Crippen MR) is 110 cm³/mol. The second kappa shape index (κ2) is 9.18. The molecule has 0 amide bonds. The van der Waals surface area contributed by atoms with Crippen molar-refractivity contribution in [1.29, 1.82) is 0 Å². The van der Waals surface area contributed by atoms with E-state index >= 15 is 0 Å². The number of carbonyl (C=O) groups is 1. The number of nitrogens with zero attached hydrogens (tertiary/aromatic N) is 3.